The van der Waals surface area contributed by atoms with Crippen LogP contribution >= 0.6 is 0 Å². The number of nitrogens with zero attached hydrogens (tertiary/aromatic N) is 6. The average molecular weight is 542 g/mol. The van der Waals surface area contributed by atoms with Crippen molar-refractivity contribution in [1.29, 1.82) is 0 Å². The van der Waals surface area contributed by atoms with Crippen LogP contribution in [0.2, 0.25) is 0 Å². The fourth-order valence-corrected chi connectivity index (χ4v) is 5.02. The molecule has 2 N–H and O–H groups in total. The smallest absolute Gasteiger partial charge is 0.252 e. The number of para-hydroxylation sites is 1. The third-order valence-electron chi connectivity index (χ3n) is 7.20. The number of hydrogen-bond acceptors (Lipinski definition) is 6. The second-order valence-corrected chi connectivity index (χ2v) is 9.96. The molecule has 11 heteroatoms. The maximum absolute atomic E-state index is 14.0. The quantitative estimate of drug-likeness (QED) is 0.250. The Kier molecular flexibility index (Phi) is 6.59. The number of halogens is 2. The lowest BCUT2D eigenvalue weighted by molar-refractivity contribution is -0.127. The zero-order valence-corrected chi connectivity index (χ0v) is 21.4. The molecule has 2 aromatic heterocycles. The first-order chi connectivity index (χ1) is 19.4. The van der Waals surface area contributed by atoms with Crippen molar-refractivity contribution < 1.29 is 18.3 Å². The number of carbonyl (C=O) groups is 1. The Balaban J connectivity index is 1.29. The molecule has 0 unspecified atom stereocenters. The number of rotatable bonds is 7. The van der Waals surface area contributed by atoms with E-state index in [1.165, 1.54) is 12.4 Å². The van der Waals surface area contributed by atoms with E-state index in [-0.39, 0.29) is 29.2 Å². The second kappa shape index (κ2) is 10.4. The first kappa shape index (κ1) is 25.4. The van der Waals surface area contributed by atoms with Crippen LogP contribution in [0.5, 0.6) is 11.5 Å². The van der Waals surface area contributed by atoms with Gasteiger partial charge >= 0.3 is 0 Å². The van der Waals surface area contributed by atoms with Crippen molar-refractivity contribution >= 4 is 22.8 Å². The number of ether oxygens (including phenoxy) is 1. The number of nitrogen functional groups attached to an aromatic ring is 1. The highest BCUT2D eigenvalue weighted by Crippen LogP contribution is 2.35. The second-order valence-electron chi connectivity index (χ2n) is 9.96. The summed E-state index contributed by atoms with van der Waals surface area (Å²) in [5, 5.41) is 5.36. The van der Waals surface area contributed by atoms with Crippen molar-refractivity contribution in [3.63, 3.8) is 0 Å². The molecular weight excluding hydrogens is 516 g/mol. The van der Waals surface area contributed by atoms with Crippen molar-refractivity contribution in [1.82, 2.24) is 24.6 Å². The lowest BCUT2D eigenvalue weighted by Gasteiger charge is -2.24. The Hall–Kier alpha value is -4.85. The van der Waals surface area contributed by atoms with Crippen LogP contribution in [-0.4, -0.2) is 43.1 Å². The molecule has 1 aliphatic heterocycles. The standard InChI is InChI=1S/C29H25F2N7O2/c1-33-23(14-17-7-8-17)29(39)37-13-3-4-19(37)15-38-28-24(27(32)34-16-35-28)25(36-38)18-9-11-20(12-10-18)40-26-21(30)5-2-6-22(26)31/h2,5-6,9-12,14,16-17,19H,3-4,7-8,13,15H2,(H2,32,34,35)/t19-/m1/s1. The van der Waals surface area contributed by atoms with Crippen LogP contribution in [0.4, 0.5) is 14.6 Å². The number of nitrogens with two attached hydrogens (primary N) is 1. The van der Waals surface area contributed by atoms with Crippen LogP contribution in [0.15, 0.2) is 60.6 Å². The topological polar surface area (TPSA) is 104 Å². The number of amides is 1. The first-order valence-electron chi connectivity index (χ1n) is 13.0. The Labute approximate surface area is 228 Å². The van der Waals surface area contributed by atoms with Crippen molar-refractivity contribution in [3.8, 4) is 22.8 Å². The average Bonchev–Trinajstić information content (AvgIpc) is 3.53. The van der Waals surface area contributed by atoms with Crippen LogP contribution in [0.25, 0.3) is 27.1 Å². The van der Waals surface area contributed by atoms with Gasteiger partial charge in [0.25, 0.3) is 5.91 Å². The Morgan fingerprint density at radius 2 is 1.88 bits per heavy atom. The zero-order valence-electron chi connectivity index (χ0n) is 21.4. The molecule has 2 fully saturated rings. The van der Waals surface area contributed by atoms with E-state index >= 15 is 0 Å². The number of allylic oxidation sites excluding steroid dienone is 1. The monoisotopic (exact) mass is 541 g/mol. The summed E-state index contributed by atoms with van der Waals surface area (Å²) in [5.74, 6) is -1.50. The molecule has 202 valence electrons. The summed E-state index contributed by atoms with van der Waals surface area (Å²) in [6.45, 7) is 8.46. The number of likely N-dealkylation sites (tertiary alicyclic amines) is 1. The number of aromatic nitrogens is 4. The molecule has 4 aromatic rings. The van der Waals surface area contributed by atoms with E-state index in [9.17, 15) is 13.6 Å². The van der Waals surface area contributed by atoms with Gasteiger partial charge in [0.1, 0.15) is 23.6 Å². The minimum Gasteiger partial charge on any atom is -0.451 e. The molecule has 3 heterocycles. The predicted octanol–water partition coefficient (Wildman–Crippen LogP) is 5.35. The maximum atomic E-state index is 14.0. The van der Waals surface area contributed by atoms with Crippen molar-refractivity contribution in [2.75, 3.05) is 12.3 Å². The molecule has 9 nitrogen and oxygen atoms in total. The van der Waals surface area contributed by atoms with E-state index in [0.29, 0.717) is 41.3 Å². The van der Waals surface area contributed by atoms with Gasteiger partial charge in [-0.25, -0.2) is 28.3 Å². The molecule has 1 atom stereocenters. The SMILES string of the molecule is [C-]#[N+]C(=CC1CC1)C(=O)N1CCC[C@@H]1Cn1nc(-c2ccc(Oc3c(F)cccc3F)cc2)c2c(N)ncnc21. The van der Waals surface area contributed by atoms with Crippen molar-refractivity contribution in [2.24, 2.45) is 5.92 Å². The van der Waals surface area contributed by atoms with E-state index in [0.717, 1.165) is 37.8 Å². The van der Waals surface area contributed by atoms with Crippen molar-refractivity contribution in [3.05, 3.63) is 83.6 Å². The van der Waals surface area contributed by atoms with Gasteiger partial charge in [0, 0.05) is 12.1 Å². The van der Waals surface area contributed by atoms with E-state index in [2.05, 4.69) is 14.8 Å². The van der Waals surface area contributed by atoms with Crippen LogP contribution in [0.3, 0.4) is 0 Å². The third-order valence-corrected chi connectivity index (χ3v) is 7.20. The highest BCUT2D eigenvalue weighted by Gasteiger charge is 2.33. The highest BCUT2D eigenvalue weighted by atomic mass is 19.1. The molecule has 0 radical (unpaired) electrons. The number of carbonyl (C=O) groups excluding carboxylic acids is 1. The van der Waals surface area contributed by atoms with Crippen LogP contribution < -0.4 is 10.5 Å². The van der Waals surface area contributed by atoms with Crippen LogP contribution in [0.1, 0.15) is 25.7 Å². The highest BCUT2D eigenvalue weighted by molar-refractivity contribution is 5.98. The fraction of sp³-hybridized carbons (Fsp3) is 0.276. The molecular formula is C29H25F2N7O2. The summed E-state index contributed by atoms with van der Waals surface area (Å²) in [5.41, 5.74) is 8.16. The summed E-state index contributed by atoms with van der Waals surface area (Å²) < 4.78 is 35.2. The molecule has 0 spiro atoms. The van der Waals surface area contributed by atoms with Gasteiger partial charge in [0.15, 0.2) is 23.0 Å². The molecule has 2 aromatic carbocycles. The van der Waals surface area contributed by atoms with E-state index in [1.807, 2.05) is 0 Å². The summed E-state index contributed by atoms with van der Waals surface area (Å²) in [6.07, 6.45) is 6.81. The van der Waals surface area contributed by atoms with Gasteiger partial charge in [-0.3, -0.25) is 4.79 Å². The van der Waals surface area contributed by atoms with Gasteiger partial charge < -0.3 is 15.4 Å². The van der Waals surface area contributed by atoms with Crippen LogP contribution in [0, 0.1) is 24.1 Å². The normalized spacial score (nSPS) is 17.3. The molecule has 6 rings (SSSR count). The predicted molar refractivity (Wildman–Crippen MR) is 144 cm³/mol. The summed E-state index contributed by atoms with van der Waals surface area (Å²) in [4.78, 5) is 27.0. The summed E-state index contributed by atoms with van der Waals surface area (Å²) in [6, 6.07) is 9.95. The van der Waals surface area contributed by atoms with Gasteiger partial charge in [-0.15, -0.1) is 0 Å². The molecule has 1 aliphatic carbocycles. The largest absolute Gasteiger partial charge is 0.451 e. The van der Waals surface area contributed by atoms with Crippen molar-refractivity contribution in [2.45, 2.75) is 38.3 Å². The minimum atomic E-state index is -0.801. The number of benzene rings is 2. The van der Waals surface area contributed by atoms with Gasteiger partial charge in [0.05, 0.1) is 24.5 Å². The van der Waals surface area contributed by atoms with E-state index in [4.69, 9.17) is 22.1 Å². The molecule has 1 amide bonds. The fourth-order valence-electron chi connectivity index (χ4n) is 5.02. The van der Waals surface area contributed by atoms with E-state index in [1.54, 1.807) is 39.9 Å². The first-order valence-corrected chi connectivity index (χ1v) is 13.0. The van der Waals surface area contributed by atoms with Gasteiger partial charge in [-0.2, -0.15) is 5.10 Å². The molecule has 40 heavy (non-hydrogen) atoms. The lowest BCUT2D eigenvalue weighted by atomic mass is 10.1. The molecule has 1 saturated heterocycles. The molecule has 0 bridgehead atoms. The van der Waals surface area contributed by atoms with E-state index < -0.39 is 17.4 Å². The zero-order chi connectivity index (χ0) is 27.8. The Morgan fingerprint density at radius 1 is 1.12 bits per heavy atom. The van der Waals surface area contributed by atoms with Gasteiger partial charge in [0.2, 0.25) is 5.70 Å². The third kappa shape index (κ3) is 4.84. The van der Waals surface area contributed by atoms with Gasteiger partial charge in [-0.05, 0) is 68.0 Å². The maximum Gasteiger partial charge on any atom is 0.252 e. The lowest BCUT2D eigenvalue weighted by Crippen LogP contribution is -2.38. The number of fused-ring (bicyclic) bond motifs is 1. The van der Waals surface area contributed by atoms with Crippen LogP contribution in [-0.2, 0) is 11.3 Å². The Bertz CT molecular complexity index is 1650. The minimum absolute atomic E-state index is 0.157. The summed E-state index contributed by atoms with van der Waals surface area (Å²) >= 11 is 0. The number of anilines is 1. The summed E-state index contributed by atoms with van der Waals surface area (Å²) in [7, 11) is 0. The number of hydrogen-bond donors (Lipinski definition) is 1. The van der Waals surface area contributed by atoms with Gasteiger partial charge in [-0.1, -0.05) is 12.1 Å². The molecule has 2 aliphatic rings. The Morgan fingerprint density at radius 3 is 2.58 bits per heavy atom. The molecule has 1 saturated carbocycles.